The van der Waals surface area contributed by atoms with E-state index in [4.69, 9.17) is 5.73 Å². The Morgan fingerprint density at radius 2 is 1.79 bits per heavy atom. The molecular weight excluding hydrogens is 254 g/mol. The highest BCUT2D eigenvalue weighted by molar-refractivity contribution is 7.17. The Hall–Kier alpha value is -1.21. The number of anilines is 2. The minimum absolute atomic E-state index is 0.611. The summed E-state index contributed by atoms with van der Waals surface area (Å²) in [6, 6.07) is 2.90. The summed E-state index contributed by atoms with van der Waals surface area (Å²) in [6.45, 7) is 0. The van der Waals surface area contributed by atoms with Crippen molar-refractivity contribution in [2.75, 3.05) is 11.1 Å². The van der Waals surface area contributed by atoms with Gasteiger partial charge in [-0.05, 0) is 56.3 Å². The second-order valence-electron chi connectivity index (χ2n) is 6.32. The highest BCUT2D eigenvalue weighted by Crippen LogP contribution is 2.53. The Balaban J connectivity index is 1.64. The van der Waals surface area contributed by atoms with Gasteiger partial charge in [-0.25, -0.2) is 0 Å². The minimum Gasteiger partial charge on any atom is -0.397 e. The van der Waals surface area contributed by atoms with Crippen LogP contribution in [0.5, 0.6) is 0 Å². The van der Waals surface area contributed by atoms with Gasteiger partial charge >= 0.3 is 0 Å². The third-order valence-corrected chi connectivity index (χ3v) is 5.69. The van der Waals surface area contributed by atoms with Gasteiger partial charge in [0.05, 0.1) is 10.7 Å². The normalized spacial score (nSPS) is 22.5. The zero-order valence-corrected chi connectivity index (χ0v) is 11.8. The molecule has 3 aliphatic rings. The van der Waals surface area contributed by atoms with Crippen LogP contribution in [0.4, 0.5) is 10.7 Å². The largest absolute Gasteiger partial charge is 0.397 e. The van der Waals surface area contributed by atoms with Crippen molar-refractivity contribution < 1.29 is 0 Å². The quantitative estimate of drug-likeness (QED) is 0.860. The maximum Gasteiger partial charge on any atom is 0.130 e. The van der Waals surface area contributed by atoms with Crippen molar-refractivity contribution in [3.63, 3.8) is 0 Å². The molecule has 1 aromatic heterocycles. The monoisotopic (exact) mass is 273 g/mol. The lowest BCUT2D eigenvalue weighted by molar-refractivity contribution is 0.568. The van der Waals surface area contributed by atoms with Gasteiger partial charge < -0.3 is 11.1 Å². The molecule has 0 amide bonds. The number of thiophene rings is 1. The third kappa shape index (κ3) is 2.10. The summed E-state index contributed by atoms with van der Waals surface area (Å²) in [7, 11) is 0. The van der Waals surface area contributed by atoms with Crippen LogP contribution in [0.3, 0.4) is 0 Å². The van der Waals surface area contributed by atoms with Crippen LogP contribution < -0.4 is 11.1 Å². The minimum atomic E-state index is 0.611. The van der Waals surface area contributed by atoms with Crippen LogP contribution in [0.15, 0.2) is 0 Å². The molecule has 3 fully saturated rings. The third-order valence-electron chi connectivity index (χ3n) is 4.63. The van der Waals surface area contributed by atoms with Gasteiger partial charge in [-0.15, -0.1) is 11.3 Å². The summed E-state index contributed by atoms with van der Waals surface area (Å²) in [4.78, 5) is 0.703. The predicted octanol–water partition coefficient (Wildman–Crippen LogP) is 3.68. The van der Waals surface area contributed by atoms with Crippen LogP contribution in [-0.2, 0) is 0 Å². The highest BCUT2D eigenvalue weighted by Gasteiger charge is 2.42. The number of rotatable bonds is 5. The molecule has 4 heteroatoms. The van der Waals surface area contributed by atoms with Crippen molar-refractivity contribution in [1.82, 2.24) is 0 Å². The number of hydrogen-bond donors (Lipinski definition) is 2. The number of hydrogen-bond acceptors (Lipinski definition) is 4. The molecule has 100 valence electrons. The molecule has 4 rings (SSSR count). The fraction of sp³-hybridized carbons (Fsp3) is 0.667. The van der Waals surface area contributed by atoms with Crippen molar-refractivity contribution in [2.24, 2.45) is 11.8 Å². The molecule has 1 heterocycles. The van der Waals surface area contributed by atoms with Gasteiger partial charge in [-0.1, -0.05) is 0 Å². The van der Waals surface area contributed by atoms with E-state index in [9.17, 15) is 5.26 Å². The van der Waals surface area contributed by atoms with E-state index in [2.05, 4.69) is 11.4 Å². The van der Waals surface area contributed by atoms with E-state index in [1.807, 2.05) is 0 Å². The standard InChI is InChI=1S/C15H19N3S/c16-7-11-13(17)12(8-1-2-8)15(19-11)18-14(9-3-4-9)10-5-6-10/h8-10,14,18H,1-6,17H2. The number of nitrogen functional groups attached to an aromatic ring is 1. The van der Waals surface area contributed by atoms with E-state index in [0.29, 0.717) is 16.8 Å². The Labute approximate surface area is 117 Å². The van der Waals surface area contributed by atoms with Crippen LogP contribution in [0.1, 0.15) is 54.9 Å². The predicted molar refractivity (Wildman–Crippen MR) is 78.3 cm³/mol. The first-order valence-corrected chi connectivity index (χ1v) is 8.18. The average Bonchev–Trinajstić information content (AvgIpc) is 3.27. The van der Waals surface area contributed by atoms with E-state index >= 15 is 0 Å². The lowest BCUT2D eigenvalue weighted by Gasteiger charge is -2.19. The molecule has 0 saturated heterocycles. The lowest BCUT2D eigenvalue weighted by atomic mass is 10.1. The Morgan fingerprint density at radius 3 is 2.26 bits per heavy atom. The Morgan fingerprint density at radius 1 is 1.16 bits per heavy atom. The van der Waals surface area contributed by atoms with Gasteiger partial charge in [-0.2, -0.15) is 5.26 Å². The molecule has 0 unspecified atom stereocenters. The summed E-state index contributed by atoms with van der Waals surface area (Å²) >= 11 is 1.58. The number of nitrogens with zero attached hydrogens (tertiary/aromatic N) is 1. The van der Waals surface area contributed by atoms with Crippen molar-refractivity contribution in [3.05, 3.63) is 10.4 Å². The van der Waals surface area contributed by atoms with Gasteiger partial charge in [0.1, 0.15) is 10.9 Å². The van der Waals surface area contributed by atoms with Crippen molar-refractivity contribution >= 4 is 22.0 Å². The second-order valence-corrected chi connectivity index (χ2v) is 7.34. The van der Waals surface area contributed by atoms with E-state index in [0.717, 1.165) is 17.5 Å². The number of nitriles is 1. The first-order chi connectivity index (χ1) is 9.28. The van der Waals surface area contributed by atoms with Crippen LogP contribution in [0, 0.1) is 23.2 Å². The van der Waals surface area contributed by atoms with E-state index in [1.54, 1.807) is 11.3 Å². The Bertz CT molecular complexity index is 532. The van der Waals surface area contributed by atoms with E-state index < -0.39 is 0 Å². The fourth-order valence-corrected chi connectivity index (χ4v) is 4.16. The molecule has 1 aromatic rings. The van der Waals surface area contributed by atoms with E-state index in [-0.39, 0.29) is 0 Å². The van der Waals surface area contributed by atoms with Crippen molar-refractivity contribution in [3.8, 4) is 6.07 Å². The molecule has 0 radical (unpaired) electrons. The van der Waals surface area contributed by atoms with Gasteiger partial charge in [0.15, 0.2) is 0 Å². The summed E-state index contributed by atoms with van der Waals surface area (Å²) < 4.78 is 0. The molecule has 0 atom stereocenters. The molecule has 0 bridgehead atoms. The first-order valence-electron chi connectivity index (χ1n) is 7.36. The molecule has 0 spiro atoms. The molecular formula is C15H19N3S. The SMILES string of the molecule is N#Cc1sc(NC(C2CC2)C2CC2)c(C2CC2)c1N. The van der Waals surface area contributed by atoms with Crippen LogP contribution >= 0.6 is 11.3 Å². The maximum absolute atomic E-state index is 9.19. The number of nitrogens with two attached hydrogens (primary N) is 1. The van der Waals surface area contributed by atoms with Crippen LogP contribution in [-0.4, -0.2) is 6.04 Å². The second kappa shape index (κ2) is 4.14. The van der Waals surface area contributed by atoms with Gasteiger partial charge in [0.25, 0.3) is 0 Å². The molecule has 0 aliphatic heterocycles. The van der Waals surface area contributed by atoms with Crippen molar-refractivity contribution in [2.45, 2.75) is 50.5 Å². The van der Waals surface area contributed by atoms with Crippen LogP contribution in [0.25, 0.3) is 0 Å². The van der Waals surface area contributed by atoms with Gasteiger partial charge in [0, 0.05) is 11.6 Å². The number of nitrogens with one attached hydrogen (secondary N) is 1. The summed E-state index contributed by atoms with van der Waals surface area (Å²) in [5.41, 5.74) is 8.17. The zero-order valence-electron chi connectivity index (χ0n) is 11.0. The maximum atomic E-state index is 9.19. The Kier molecular flexibility index (Phi) is 2.53. The molecule has 0 aromatic carbocycles. The molecule has 19 heavy (non-hydrogen) atoms. The smallest absolute Gasteiger partial charge is 0.130 e. The van der Waals surface area contributed by atoms with Crippen molar-refractivity contribution in [1.29, 1.82) is 5.26 Å². The van der Waals surface area contributed by atoms with Gasteiger partial charge in [0.2, 0.25) is 0 Å². The molecule has 3 saturated carbocycles. The lowest BCUT2D eigenvalue weighted by Crippen LogP contribution is -2.24. The van der Waals surface area contributed by atoms with E-state index in [1.165, 1.54) is 49.1 Å². The summed E-state index contributed by atoms with van der Waals surface area (Å²) in [6.07, 6.45) is 7.96. The highest BCUT2D eigenvalue weighted by atomic mass is 32.1. The zero-order chi connectivity index (χ0) is 13.0. The fourth-order valence-electron chi connectivity index (χ4n) is 3.11. The molecule has 3 nitrogen and oxygen atoms in total. The molecule has 3 aliphatic carbocycles. The molecule has 3 N–H and O–H groups in total. The average molecular weight is 273 g/mol. The first kappa shape index (κ1) is 11.6. The summed E-state index contributed by atoms with van der Waals surface area (Å²) in [5.74, 6) is 2.35. The van der Waals surface area contributed by atoms with Gasteiger partial charge in [-0.3, -0.25) is 0 Å². The summed E-state index contributed by atoms with van der Waals surface area (Å²) in [5, 5.41) is 14.2. The van der Waals surface area contributed by atoms with Crippen LogP contribution in [0.2, 0.25) is 0 Å². The topological polar surface area (TPSA) is 61.8 Å².